The zero-order chi connectivity index (χ0) is 22.5. The first-order valence-electron chi connectivity index (χ1n) is 9.08. The average molecular weight is 420 g/mol. The molecule has 3 rings (SSSR count). The molecule has 0 bridgehead atoms. The lowest BCUT2D eigenvalue weighted by Crippen LogP contribution is -2.21. The van der Waals surface area contributed by atoms with Crippen LogP contribution in [0.15, 0.2) is 72.8 Å². The summed E-state index contributed by atoms with van der Waals surface area (Å²) in [6.07, 6.45) is -1.39. The number of nitro benzene ring substituents is 2. The minimum atomic E-state index is -1.39. The van der Waals surface area contributed by atoms with Crippen LogP contribution in [0, 0.1) is 27.2 Å². The molecule has 0 aliphatic heterocycles. The monoisotopic (exact) mass is 420 g/mol. The quantitative estimate of drug-likeness (QED) is 0.236. The number of hydrogen-bond acceptors (Lipinski definition) is 7. The first kappa shape index (κ1) is 21.3. The molecule has 0 N–H and O–H groups in total. The van der Waals surface area contributed by atoms with Crippen molar-refractivity contribution < 1.29 is 24.2 Å². The summed E-state index contributed by atoms with van der Waals surface area (Å²) < 4.78 is 5.47. The number of Topliss-reactive ketones (excluding diaryl/α,β-unsaturated/α-hetero) is 1. The standard InChI is InChI=1S/C22H16N2O7/c1-14-18(8-5-9-19(14)24(29)30)22(26)31-21(20(25)15-6-3-2-4-7-15)16-10-12-17(13-11-16)23(27)28/h2-13,21H,1H3/t21-/m1/s1. The van der Waals surface area contributed by atoms with E-state index in [2.05, 4.69) is 0 Å². The van der Waals surface area contributed by atoms with Crippen molar-refractivity contribution in [1.29, 1.82) is 0 Å². The molecule has 9 nitrogen and oxygen atoms in total. The summed E-state index contributed by atoms with van der Waals surface area (Å²) in [6, 6.07) is 17.1. The van der Waals surface area contributed by atoms with Crippen molar-refractivity contribution in [2.75, 3.05) is 0 Å². The molecule has 0 fully saturated rings. The number of rotatable bonds is 7. The van der Waals surface area contributed by atoms with Crippen LogP contribution in [0.25, 0.3) is 0 Å². The fourth-order valence-electron chi connectivity index (χ4n) is 3.01. The lowest BCUT2D eigenvalue weighted by molar-refractivity contribution is -0.385. The summed E-state index contributed by atoms with van der Waals surface area (Å²) in [5.74, 6) is -1.46. The van der Waals surface area contributed by atoms with E-state index in [1.165, 1.54) is 49.4 Å². The minimum absolute atomic E-state index is 0.0537. The summed E-state index contributed by atoms with van der Waals surface area (Å²) >= 11 is 0. The number of non-ortho nitro benzene ring substituents is 1. The summed E-state index contributed by atoms with van der Waals surface area (Å²) in [5.41, 5.74) is 0.116. The molecule has 0 radical (unpaired) electrons. The van der Waals surface area contributed by atoms with Gasteiger partial charge in [-0.15, -0.1) is 0 Å². The van der Waals surface area contributed by atoms with E-state index in [1.807, 2.05) is 0 Å². The minimum Gasteiger partial charge on any atom is -0.445 e. The van der Waals surface area contributed by atoms with Crippen LogP contribution in [0.3, 0.4) is 0 Å². The Morgan fingerprint density at radius 2 is 1.48 bits per heavy atom. The summed E-state index contributed by atoms with van der Waals surface area (Å²) in [7, 11) is 0. The Kier molecular flexibility index (Phi) is 6.15. The Hall–Kier alpha value is -4.40. The predicted molar refractivity (Wildman–Crippen MR) is 110 cm³/mol. The van der Waals surface area contributed by atoms with Gasteiger partial charge in [-0.3, -0.25) is 25.0 Å². The lowest BCUT2D eigenvalue weighted by Gasteiger charge is -2.18. The van der Waals surface area contributed by atoms with Gasteiger partial charge in [-0.05, 0) is 25.1 Å². The molecule has 0 saturated heterocycles. The second-order valence-corrected chi connectivity index (χ2v) is 6.57. The van der Waals surface area contributed by atoms with Gasteiger partial charge in [0, 0.05) is 34.9 Å². The molecule has 9 heteroatoms. The highest BCUT2D eigenvalue weighted by Gasteiger charge is 2.29. The van der Waals surface area contributed by atoms with E-state index < -0.39 is 27.7 Å². The number of ether oxygens (including phenoxy) is 1. The summed E-state index contributed by atoms with van der Waals surface area (Å²) in [6.45, 7) is 1.41. The second kappa shape index (κ2) is 8.95. The zero-order valence-electron chi connectivity index (χ0n) is 16.3. The van der Waals surface area contributed by atoms with Gasteiger partial charge in [-0.25, -0.2) is 4.79 Å². The number of nitro groups is 2. The molecule has 0 unspecified atom stereocenters. The van der Waals surface area contributed by atoms with Gasteiger partial charge in [0.25, 0.3) is 11.4 Å². The molecule has 3 aromatic rings. The van der Waals surface area contributed by atoms with Crippen LogP contribution < -0.4 is 0 Å². The molecule has 156 valence electrons. The van der Waals surface area contributed by atoms with E-state index in [1.54, 1.807) is 30.3 Å². The number of benzene rings is 3. The van der Waals surface area contributed by atoms with Crippen molar-refractivity contribution in [3.05, 3.63) is 115 Å². The van der Waals surface area contributed by atoms with Crippen molar-refractivity contribution in [3.63, 3.8) is 0 Å². The maximum atomic E-state index is 13.1. The summed E-state index contributed by atoms with van der Waals surface area (Å²) in [5, 5.41) is 22.1. The maximum absolute atomic E-state index is 13.1. The third kappa shape index (κ3) is 4.61. The Balaban J connectivity index is 2.00. The highest BCUT2D eigenvalue weighted by atomic mass is 16.6. The molecule has 0 spiro atoms. The van der Waals surface area contributed by atoms with Gasteiger partial charge < -0.3 is 4.74 Å². The van der Waals surface area contributed by atoms with Gasteiger partial charge >= 0.3 is 5.97 Å². The van der Waals surface area contributed by atoms with Gasteiger partial charge in [-0.2, -0.15) is 0 Å². The lowest BCUT2D eigenvalue weighted by atomic mass is 9.99. The van der Waals surface area contributed by atoms with E-state index in [0.29, 0.717) is 0 Å². The number of esters is 1. The molecule has 31 heavy (non-hydrogen) atoms. The van der Waals surface area contributed by atoms with E-state index in [-0.39, 0.29) is 33.6 Å². The van der Waals surface area contributed by atoms with Crippen LogP contribution in [-0.4, -0.2) is 21.6 Å². The molecule has 0 heterocycles. The van der Waals surface area contributed by atoms with Gasteiger partial charge in [0.1, 0.15) is 0 Å². The van der Waals surface area contributed by atoms with Gasteiger partial charge in [0.15, 0.2) is 6.10 Å². The van der Waals surface area contributed by atoms with Crippen LogP contribution >= 0.6 is 0 Å². The molecule has 3 aromatic carbocycles. The Morgan fingerprint density at radius 1 is 0.839 bits per heavy atom. The molecule has 1 atom stereocenters. The van der Waals surface area contributed by atoms with Gasteiger partial charge in [0.2, 0.25) is 5.78 Å². The molecule has 0 aliphatic rings. The normalized spacial score (nSPS) is 11.4. The topological polar surface area (TPSA) is 130 Å². The maximum Gasteiger partial charge on any atom is 0.339 e. The number of carbonyl (C=O) groups excluding carboxylic acids is 2. The zero-order valence-corrected chi connectivity index (χ0v) is 16.3. The first-order valence-corrected chi connectivity index (χ1v) is 9.08. The molecule has 0 saturated carbocycles. The number of ketones is 1. The Bertz CT molecular complexity index is 1160. The molecule has 0 aliphatic carbocycles. The van der Waals surface area contributed by atoms with Crippen molar-refractivity contribution in [2.24, 2.45) is 0 Å². The van der Waals surface area contributed by atoms with Crippen molar-refractivity contribution in [3.8, 4) is 0 Å². The highest BCUT2D eigenvalue weighted by Crippen LogP contribution is 2.28. The average Bonchev–Trinajstić information content (AvgIpc) is 2.77. The van der Waals surface area contributed by atoms with Crippen LogP contribution in [0.2, 0.25) is 0 Å². The van der Waals surface area contributed by atoms with Crippen LogP contribution in [-0.2, 0) is 4.74 Å². The van der Waals surface area contributed by atoms with Crippen molar-refractivity contribution in [1.82, 2.24) is 0 Å². The van der Waals surface area contributed by atoms with Crippen LogP contribution in [0.5, 0.6) is 0 Å². The molecular formula is C22H16N2O7. The van der Waals surface area contributed by atoms with E-state index in [9.17, 15) is 29.8 Å². The van der Waals surface area contributed by atoms with Gasteiger partial charge in [0.05, 0.1) is 15.4 Å². The fraction of sp³-hybridized carbons (Fsp3) is 0.0909. The van der Waals surface area contributed by atoms with Crippen LogP contribution in [0.4, 0.5) is 11.4 Å². The number of carbonyl (C=O) groups is 2. The fourth-order valence-corrected chi connectivity index (χ4v) is 3.01. The number of nitrogens with zero attached hydrogens (tertiary/aromatic N) is 2. The highest BCUT2D eigenvalue weighted by molar-refractivity contribution is 6.02. The first-order chi connectivity index (χ1) is 14.8. The molecular weight excluding hydrogens is 404 g/mol. The second-order valence-electron chi connectivity index (χ2n) is 6.57. The Morgan fingerprint density at radius 3 is 2.06 bits per heavy atom. The largest absolute Gasteiger partial charge is 0.445 e. The van der Waals surface area contributed by atoms with E-state index >= 15 is 0 Å². The Labute approximate surface area is 176 Å². The van der Waals surface area contributed by atoms with Crippen LogP contribution in [0.1, 0.15) is 37.9 Å². The van der Waals surface area contributed by atoms with Crippen molar-refractivity contribution in [2.45, 2.75) is 13.0 Å². The smallest absolute Gasteiger partial charge is 0.339 e. The molecule has 0 amide bonds. The number of hydrogen-bond donors (Lipinski definition) is 0. The third-order valence-corrected chi connectivity index (χ3v) is 4.65. The van der Waals surface area contributed by atoms with Gasteiger partial charge in [-0.1, -0.05) is 36.4 Å². The molecule has 0 aromatic heterocycles. The third-order valence-electron chi connectivity index (χ3n) is 4.65. The van der Waals surface area contributed by atoms with Crippen molar-refractivity contribution >= 4 is 23.1 Å². The van der Waals surface area contributed by atoms with E-state index in [0.717, 1.165) is 0 Å². The SMILES string of the molecule is Cc1c(C(=O)O[C@@H](C(=O)c2ccccc2)c2ccc([N+](=O)[O-])cc2)cccc1[N+](=O)[O-]. The van der Waals surface area contributed by atoms with E-state index in [4.69, 9.17) is 4.74 Å². The summed E-state index contributed by atoms with van der Waals surface area (Å²) in [4.78, 5) is 46.8. The predicted octanol–water partition coefficient (Wildman–Crippen LogP) is 4.59.